The van der Waals surface area contributed by atoms with Crippen molar-refractivity contribution in [3.63, 3.8) is 0 Å². The van der Waals surface area contributed by atoms with E-state index in [0.29, 0.717) is 6.54 Å². The molecule has 1 atom stereocenters. The maximum Gasteiger partial charge on any atom is 0.418 e. The number of hydrogen-bond donors (Lipinski definition) is 2. The molecular weight excluding hydrogens is 281 g/mol. The van der Waals surface area contributed by atoms with Gasteiger partial charge in [0.15, 0.2) is 0 Å². The molecule has 2 N–H and O–H groups in total. The highest BCUT2D eigenvalue weighted by Gasteiger charge is 2.34. The van der Waals surface area contributed by atoms with Gasteiger partial charge in [-0.15, -0.1) is 0 Å². The Morgan fingerprint density at radius 3 is 2.58 bits per heavy atom. The van der Waals surface area contributed by atoms with Crippen molar-refractivity contribution in [3.8, 4) is 0 Å². The highest BCUT2D eigenvalue weighted by molar-refractivity contribution is 6.30. The van der Waals surface area contributed by atoms with Gasteiger partial charge in [-0.25, -0.2) is 0 Å². The summed E-state index contributed by atoms with van der Waals surface area (Å²) in [5, 5.41) is 5.05. The number of carbonyl (C=O) groups excluding carboxylic acids is 1. The number of halogens is 4. The molecule has 1 rings (SSSR count). The zero-order chi connectivity index (χ0) is 14.6. The van der Waals surface area contributed by atoms with Gasteiger partial charge in [0.05, 0.1) is 5.56 Å². The molecule has 0 aliphatic rings. The van der Waals surface area contributed by atoms with E-state index in [0.717, 1.165) is 6.07 Å². The van der Waals surface area contributed by atoms with Crippen molar-refractivity contribution in [2.75, 3.05) is 11.9 Å². The van der Waals surface area contributed by atoms with E-state index in [1.165, 1.54) is 19.1 Å². The van der Waals surface area contributed by atoms with Gasteiger partial charge in [0.2, 0.25) is 5.91 Å². The molecule has 1 unspecified atom stereocenters. The van der Waals surface area contributed by atoms with Crippen molar-refractivity contribution in [2.45, 2.75) is 26.1 Å². The van der Waals surface area contributed by atoms with Crippen LogP contribution in [0.5, 0.6) is 0 Å². The molecule has 0 heterocycles. The fourth-order valence-electron chi connectivity index (χ4n) is 1.50. The van der Waals surface area contributed by atoms with Gasteiger partial charge >= 0.3 is 6.18 Å². The molecule has 1 aromatic carbocycles. The topological polar surface area (TPSA) is 41.1 Å². The second-order valence-electron chi connectivity index (χ2n) is 3.95. The molecule has 0 spiro atoms. The normalized spacial score (nSPS) is 12.9. The van der Waals surface area contributed by atoms with Gasteiger partial charge in [0.1, 0.15) is 6.04 Å². The first-order chi connectivity index (χ1) is 8.75. The van der Waals surface area contributed by atoms with Crippen LogP contribution in [0.1, 0.15) is 19.4 Å². The summed E-state index contributed by atoms with van der Waals surface area (Å²) >= 11 is 5.56. The smallest absolute Gasteiger partial charge is 0.373 e. The number of benzene rings is 1. The van der Waals surface area contributed by atoms with E-state index in [1.54, 1.807) is 6.92 Å². The predicted molar refractivity (Wildman–Crippen MR) is 68.2 cm³/mol. The summed E-state index contributed by atoms with van der Waals surface area (Å²) in [6.45, 7) is 3.63. The summed E-state index contributed by atoms with van der Waals surface area (Å²) < 4.78 is 38.5. The lowest BCUT2D eigenvalue weighted by Gasteiger charge is -2.19. The molecule has 0 aliphatic carbocycles. The van der Waals surface area contributed by atoms with Crippen LogP contribution in [0.15, 0.2) is 18.2 Å². The summed E-state index contributed by atoms with van der Waals surface area (Å²) in [5.74, 6) is -0.370. The van der Waals surface area contributed by atoms with E-state index in [4.69, 9.17) is 11.6 Å². The fraction of sp³-hybridized carbons (Fsp3) is 0.417. The Bertz CT molecular complexity index is 463. The number of hydrogen-bond acceptors (Lipinski definition) is 2. The quantitative estimate of drug-likeness (QED) is 0.894. The van der Waals surface area contributed by atoms with Crippen LogP contribution in [0.2, 0.25) is 5.02 Å². The first-order valence-corrected chi connectivity index (χ1v) is 6.04. The Kier molecular flexibility index (Phi) is 5.05. The molecule has 0 fully saturated rings. The molecule has 7 heteroatoms. The monoisotopic (exact) mass is 294 g/mol. The third-order valence-corrected chi connectivity index (χ3v) is 2.64. The summed E-state index contributed by atoms with van der Waals surface area (Å²) in [4.78, 5) is 11.5. The number of nitrogens with one attached hydrogen (secondary N) is 2. The maximum absolute atomic E-state index is 12.8. The molecule has 0 aliphatic heterocycles. The van der Waals surface area contributed by atoms with Crippen LogP contribution in [0.25, 0.3) is 0 Å². The average Bonchev–Trinajstić information content (AvgIpc) is 2.30. The minimum absolute atomic E-state index is 0.0106. The summed E-state index contributed by atoms with van der Waals surface area (Å²) in [7, 11) is 0. The molecule has 1 amide bonds. The largest absolute Gasteiger partial charge is 0.418 e. The molecule has 0 bridgehead atoms. The van der Waals surface area contributed by atoms with Gasteiger partial charge in [0, 0.05) is 17.3 Å². The molecular formula is C12H14ClF3N2O. The van der Waals surface area contributed by atoms with Crippen LogP contribution in [-0.2, 0) is 11.0 Å². The van der Waals surface area contributed by atoms with Crippen molar-refractivity contribution >= 4 is 23.2 Å². The van der Waals surface area contributed by atoms with Crippen LogP contribution in [0.4, 0.5) is 18.9 Å². The molecule has 0 aromatic heterocycles. The van der Waals surface area contributed by atoms with E-state index in [9.17, 15) is 18.0 Å². The zero-order valence-electron chi connectivity index (χ0n) is 10.4. The number of anilines is 1. The Balaban J connectivity index is 2.98. The van der Waals surface area contributed by atoms with Crippen molar-refractivity contribution in [3.05, 3.63) is 28.8 Å². The number of alkyl halides is 3. The van der Waals surface area contributed by atoms with Crippen LogP contribution >= 0.6 is 11.6 Å². The second kappa shape index (κ2) is 6.14. The summed E-state index contributed by atoms with van der Waals surface area (Å²) in [6.07, 6.45) is -4.53. The van der Waals surface area contributed by atoms with Crippen LogP contribution in [0, 0.1) is 0 Å². The van der Waals surface area contributed by atoms with Crippen LogP contribution < -0.4 is 10.6 Å². The number of rotatable bonds is 4. The highest BCUT2D eigenvalue weighted by Crippen LogP contribution is 2.36. The fourth-order valence-corrected chi connectivity index (χ4v) is 1.68. The van der Waals surface area contributed by atoms with Crippen LogP contribution in [-0.4, -0.2) is 18.5 Å². The van der Waals surface area contributed by atoms with E-state index < -0.39 is 17.8 Å². The summed E-state index contributed by atoms with van der Waals surface area (Å²) in [6, 6.07) is 2.60. The number of carbonyl (C=O) groups is 1. The molecule has 3 nitrogen and oxygen atoms in total. The standard InChI is InChI=1S/C12H14ClF3N2O/c1-3-17-11(19)7(2)18-10-5-4-8(13)6-9(10)12(14,15)16/h4-7,18H,3H2,1-2H3,(H,17,19). The Hall–Kier alpha value is -1.43. The van der Waals surface area contributed by atoms with Crippen molar-refractivity contribution < 1.29 is 18.0 Å². The van der Waals surface area contributed by atoms with Crippen molar-refractivity contribution in [1.29, 1.82) is 0 Å². The lowest BCUT2D eigenvalue weighted by atomic mass is 10.1. The maximum atomic E-state index is 12.8. The van der Waals surface area contributed by atoms with Crippen molar-refractivity contribution in [2.24, 2.45) is 0 Å². The SMILES string of the molecule is CCNC(=O)C(C)Nc1ccc(Cl)cc1C(F)(F)F. The Morgan fingerprint density at radius 1 is 1.42 bits per heavy atom. The van der Waals surface area contributed by atoms with Crippen LogP contribution in [0.3, 0.4) is 0 Å². The number of amides is 1. The second-order valence-corrected chi connectivity index (χ2v) is 4.38. The molecule has 1 aromatic rings. The number of likely N-dealkylation sites (N-methyl/N-ethyl adjacent to an activating group) is 1. The molecule has 0 saturated heterocycles. The van der Waals surface area contributed by atoms with E-state index in [2.05, 4.69) is 10.6 Å². The lowest BCUT2D eigenvalue weighted by molar-refractivity contribution is -0.137. The molecule has 106 valence electrons. The lowest BCUT2D eigenvalue weighted by Crippen LogP contribution is -2.37. The van der Waals surface area contributed by atoms with Gasteiger partial charge in [-0.05, 0) is 32.0 Å². The molecule has 0 saturated carbocycles. The Morgan fingerprint density at radius 2 is 2.05 bits per heavy atom. The average molecular weight is 295 g/mol. The first kappa shape index (κ1) is 15.6. The van der Waals surface area contributed by atoms with Gasteiger partial charge in [-0.3, -0.25) is 4.79 Å². The third-order valence-electron chi connectivity index (χ3n) is 2.40. The Labute approximate surface area is 114 Å². The minimum Gasteiger partial charge on any atom is -0.373 e. The summed E-state index contributed by atoms with van der Waals surface area (Å²) in [5.41, 5.74) is -1.06. The van der Waals surface area contributed by atoms with E-state index in [-0.39, 0.29) is 16.6 Å². The third kappa shape index (κ3) is 4.31. The minimum atomic E-state index is -4.53. The highest BCUT2D eigenvalue weighted by atomic mass is 35.5. The predicted octanol–water partition coefficient (Wildman–Crippen LogP) is 3.30. The zero-order valence-corrected chi connectivity index (χ0v) is 11.2. The van der Waals surface area contributed by atoms with E-state index >= 15 is 0 Å². The van der Waals surface area contributed by atoms with Gasteiger partial charge in [-0.1, -0.05) is 11.6 Å². The first-order valence-electron chi connectivity index (χ1n) is 5.66. The van der Waals surface area contributed by atoms with Gasteiger partial charge < -0.3 is 10.6 Å². The van der Waals surface area contributed by atoms with Gasteiger partial charge in [0.25, 0.3) is 0 Å². The molecule has 0 radical (unpaired) electrons. The van der Waals surface area contributed by atoms with Crippen molar-refractivity contribution in [1.82, 2.24) is 5.32 Å². The molecule has 19 heavy (non-hydrogen) atoms. The van der Waals surface area contributed by atoms with Gasteiger partial charge in [-0.2, -0.15) is 13.2 Å². The van der Waals surface area contributed by atoms with E-state index in [1.807, 2.05) is 0 Å².